The first kappa shape index (κ1) is 26.0. The van der Waals surface area contributed by atoms with Gasteiger partial charge in [-0.05, 0) is 50.8 Å². The van der Waals surface area contributed by atoms with Gasteiger partial charge in [0, 0.05) is 23.3 Å². The first-order valence-corrected chi connectivity index (χ1v) is 14.0. The summed E-state index contributed by atoms with van der Waals surface area (Å²) in [5.41, 5.74) is -0.175. The number of halogens is 1. The number of anilines is 1. The number of hydrogen-bond donors (Lipinski definition) is 1. The van der Waals surface area contributed by atoms with Crippen molar-refractivity contribution >= 4 is 39.1 Å². The van der Waals surface area contributed by atoms with E-state index in [1.165, 1.54) is 15.6 Å². The summed E-state index contributed by atoms with van der Waals surface area (Å²) < 4.78 is 26.9. The Morgan fingerprint density at radius 2 is 1.82 bits per heavy atom. The lowest BCUT2D eigenvalue weighted by Crippen LogP contribution is -2.71. The molecule has 2 aliphatic rings. The SMILES string of the molecule is CCCS(=O)(=O)N1CC(=O)N(c2cccc(Cl)c2C)C(C)(C(=O)NC2CCCCCCC2)C1. The Hall–Kier alpha value is -1.64. The highest BCUT2D eigenvalue weighted by Crippen LogP contribution is 2.35. The first-order valence-electron chi connectivity index (χ1n) is 12.0. The molecule has 1 N–H and O–H groups in total. The van der Waals surface area contributed by atoms with E-state index in [1.807, 2.05) is 0 Å². The second kappa shape index (κ2) is 10.7. The zero-order valence-corrected chi connectivity index (χ0v) is 21.5. The minimum atomic E-state index is -3.66. The van der Waals surface area contributed by atoms with Crippen molar-refractivity contribution in [2.45, 2.75) is 83.7 Å². The van der Waals surface area contributed by atoms with Gasteiger partial charge < -0.3 is 5.32 Å². The average Bonchev–Trinajstić information content (AvgIpc) is 2.72. The Labute approximate surface area is 202 Å². The topological polar surface area (TPSA) is 86.8 Å². The van der Waals surface area contributed by atoms with E-state index in [4.69, 9.17) is 11.6 Å². The average molecular weight is 498 g/mol. The van der Waals surface area contributed by atoms with Gasteiger partial charge in [-0.3, -0.25) is 14.5 Å². The van der Waals surface area contributed by atoms with E-state index in [0.29, 0.717) is 22.7 Å². The van der Waals surface area contributed by atoms with Gasteiger partial charge in [0.05, 0.1) is 12.3 Å². The van der Waals surface area contributed by atoms with Gasteiger partial charge in [-0.15, -0.1) is 0 Å². The third-order valence-electron chi connectivity index (χ3n) is 6.80. The Kier molecular flexibility index (Phi) is 8.45. The number of benzene rings is 1. The smallest absolute Gasteiger partial charge is 0.247 e. The second-order valence-corrected chi connectivity index (χ2v) is 12.0. The minimum absolute atomic E-state index is 0.0228. The van der Waals surface area contributed by atoms with Gasteiger partial charge in [-0.1, -0.05) is 56.7 Å². The van der Waals surface area contributed by atoms with Crippen molar-refractivity contribution in [1.29, 1.82) is 0 Å². The molecule has 1 saturated carbocycles. The van der Waals surface area contributed by atoms with Crippen molar-refractivity contribution in [2.24, 2.45) is 0 Å². The van der Waals surface area contributed by atoms with Gasteiger partial charge in [0.25, 0.3) is 0 Å². The van der Waals surface area contributed by atoms with Crippen LogP contribution in [0.4, 0.5) is 5.69 Å². The largest absolute Gasteiger partial charge is 0.351 e. The summed E-state index contributed by atoms with van der Waals surface area (Å²) >= 11 is 6.34. The minimum Gasteiger partial charge on any atom is -0.351 e. The lowest BCUT2D eigenvalue weighted by Gasteiger charge is -2.47. The molecule has 3 rings (SSSR count). The van der Waals surface area contributed by atoms with Crippen molar-refractivity contribution in [3.63, 3.8) is 0 Å². The van der Waals surface area contributed by atoms with E-state index >= 15 is 0 Å². The van der Waals surface area contributed by atoms with Crippen LogP contribution in [0.25, 0.3) is 0 Å². The molecule has 2 amide bonds. The van der Waals surface area contributed by atoms with E-state index in [9.17, 15) is 18.0 Å². The fraction of sp³-hybridized carbons (Fsp3) is 0.667. The Morgan fingerprint density at radius 1 is 1.18 bits per heavy atom. The molecule has 1 aliphatic carbocycles. The number of hydrogen-bond acceptors (Lipinski definition) is 4. The van der Waals surface area contributed by atoms with Gasteiger partial charge in [0.1, 0.15) is 5.54 Å². The first-order chi connectivity index (χ1) is 15.6. The molecular weight excluding hydrogens is 462 g/mol. The quantitative estimate of drug-likeness (QED) is 0.643. The predicted molar refractivity (Wildman–Crippen MR) is 132 cm³/mol. The maximum atomic E-state index is 13.8. The van der Waals surface area contributed by atoms with Crippen molar-refractivity contribution in [3.05, 3.63) is 28.8 Å². The van der Waals surface area contributed by atoms with Crippen LogP contribution >= 0.6 is 11.6 Å². The number of carbonyl (C=O) groups excluding carboxylic acids is 2. The van der Waals surface area contributed by atoms with Crippen LogP contribution in [-0.2, 0) is 19.6 Å². The van der Waals surface area contributed by atoms with Crippen molar-refractivity contribution in [3.8, 4) is 0 Å². The molecule has 0 spiro atoms. The second-order valence-electron chi connectivity index (χ2n) is 9.49. The van der Waals surface area contributed by atoms with E-state index < -0.39 is 21.5 Å². The van der Waals surface area contributed by atoms with Gasteiger partial charge >= 0.3 is 0 Å². The van der Waals surface area contributed by atoms with Crippen molar-refractivity contribution < 1.29 is 18.0 Å². The summed E-state index contributed by atoms with van der Waals surface area (Å²) in [6.45, 7) is 4.87. The van der Waals surface area contributed by atoms with E-state index in [2.05, 4.69) is 5.32 Å². The number of sulfonamides is 1. The number of nitrogens with one attached hydrogen (secondary N) is 1. The molecule has 184 valence electrons. The Morgan fingerprint density at radius 3 is 2.45 bits per heavy atom. The lowest BCUT2D eigenvalue weighted by molar-refractivity contribution is -0.133. The summed E-state index contributed by atoms with van der Waals surface area (Å²) in [5, 5.41) is 3.66. The third kappa shape index (κ3) is 5.72. The van der Waals surface area contributed by atoms with Crippen LogP contribution in [0.15, 0.2) is 18.2 Å². The van der Waals surface area contributed by atoms with Gasteiger partial charge in [0.2, 0.25) is 21.8 Å². The molecule has 33 heavy (non-hydrogen) atoms. The fourth-order valence-corrected chi connectivity index (χ4v) is 6.60. The van der Waals surface area contributed by atoms with E-state index in [-0.39, 0.29) is 30.8 Å². The summed E-state index contributed by atoms with van der Waals surface area (Å²) in [7, 11) is -3.66. The lowest BCUT2D eigenvalue weighted by atomic mass is 9.91. The van der Waals surface area contributed by atoms with Crippen LogP contribution < -0.4 is 10.2 Å². The van der Waals surface area contributed by atoms with E-state index in [1.54, 1.807) is 39.0 Å². The number of carbonyl (C=O) groups is 2. The molecule has 1 saturated heterocycles. The predicted octanol–water partition coefficient (Wildman–Crippen LogP) is 4.02. The zero-order valence-electron chi connectivity index (χ0n) is 19.9. The number of amides is 2. The molecule has 7 nitrogen and oxygen atoms in total. The standard InChI is InChI=1S/C24H36ClN3O4S/c1-4-15-33(31,32)27-16-22(29)28(21-14-10-13-20(25)18(21)2)24(3,17-27)23(30)26-19-11-8-6-5-7-9-12-19/h10,13-14,19H,4-9,11-12,15-17H2,1-3H3,(H,26,30). The summed E-state index contributed by atoms with van der Waals surface area (Å²) in [4.78, 5) is 28.7. The highest BCUT2D eigenvalue weighted by Gasteiger charge is 2.51. The molecule has 0 radical (unpaired) electrons. The van der Waals surface area contributed by atoms with Crippen LogP contribution in [0.3, 0.4) is 0 Å². The van der Waals surface area contributed by atoms with Crippen LogP contribution in [0, 0.1) is 6.92 Å². The maximum absolute atomic E-state index is 13.8. The Balaban J connectivity index is 1.99. The van der Waals surface area contributed by atoms with Gasteiger partial charge in [-0.25, -0.2) is 8.42 Å². The van der Waals surface area contributed by atoms with Crippen molar-refractivity contribution in [1.82, 2.24) is 9.62 Å². The third-order valence-corrected chi connectivity index (χ3v) is 9.18. The molecule has 9 heteroatoms. The number of rotatable bonds is 6. The van der Waals surface area contributed by atoms with Gasteiger partial charge in [0.15, 0.2) is 0 Å². The molecule has 1 aromatic carbocycles. The highest BCUT2D eigenvalue weighted by atomic mass is 35.5. The van der Waals surface area contributed by atoms with Crippen LogP contribution in [0.1, 0.15) is 70.8 Å². The number of nitrogens with zero attached hydrogens (tertiary/aromatic N) is 2. The molecule has 0 aromatic heterocycles. The molecule has 1 heterocycles. The molecule has 2 fully saturated rings. The highest BCUT2D eigenvalue weighted by molar-refractivity contribution is 7.89. The summed E-state index contributed by atoms with van der Waals surface area (Å²) in [6, 6.07) is 5.26. The monoisotopic (exact) mass is 497 g/mol. The molecule has 1 unspecified atom stereocenters. The molecule has 1 atom stereocenters. The number of piperazine rings is 1. The normalized spacial score (nSPS) is 23.8. The molecule has 0 bridgehead atoms. The van der Waals surface area contributed by atoms with E-state index in [0.717, 1.165) is 38.5 Å². The fourth-order valence-electron chi connectivity index (χ4n) is 4.90. The Bertz CT molecular complexity index is 976. The molecular formula is C24H36ClN3O4S. The van der Waals surface area contributed by atoms with Crippen LogP contribution in [0.2, 0.25) is 5.02 Å². The molecule has 1 aromatic rings. The summed E-state index contributed by atoms with van der Waals surface area (Å²) in [5.74, 6) is -0.810. The van der Waals surface area contributed by atoms with Crippen molar-refractivity contribution in [2.75, 3.05) is 23.7 Å². The van der Waals surface area contributed by atoms with Crippen LogP contribution in [-0.4, -0.2) is 55.0 Å². The zero-order chi connectivity index (χ0) is 24.2. The maximum Gasteiger partial charge on any atom is 0.247 e. The summed E-state index contributed by atoms with van der Waals surface area (Å²) in [6.07, 6.45) is 7.85. The molecule has 1 aliphatic heterocycles. The van der Waals surface area contributed by atoms with Gasteiger partial charge in [-0.2, -0.15) is 4.31 Å². The van der Waals surface area contributed by atoms with Crippen LogP contribution in [0.5, 0.6) is 0 Å².